The van der Waals surface area contributed by atoms with Gasteiger partial charge >= 0.3 is 0 Å². The number of hydrogen-bond donors (Lipinski definition) is 1. The normalized spacial score (nSPS) is 19.3. The second-order valence-corrected chi connectivity index (χ2v) is 4.45. The van der Waals surface area contributed by atoms with Crippen LogP contribution in [-0.4, -0.2) is 22.6 Å². The van der Waals surface area contributed by atoms with Crippen LogP contribution in [-0.2, 0) is 0 Å². The maximum Gasteiger partial charge on any atom is 0.182 e. The first-order chi connectivity index (χ1) is 8.77. The van der Waals surface area contributed by atoms with Gasteiger partial charge in [0.15, 0.2) is 11.6 Å². The maximum absolute atomic E-state index is 13.8. The number of nitrogens with one attached hydrogen (secondary N) is 1. The minimum absolute atomic E-state index is 0.217. The maximum atomic E-state index is 13.8. The van der Waals surface area contributed by atoms with E-state index in [9.17, 15) is 8.78 Å². The molecule has 3 nitrogen and oxygen atoms in total. The van der Waals surface area contributed by atoms with Gasteiger partial charge in [-0.25, -0.2) is 13.8 Å². The van der Waals surface area contributed by atoms with E-state index in [1.54, 1.807) is 16.8 Å². The van der Waals surface area contributed by atoms with E-state index in [1.807, 2.05) is 0 Å². The van der Waals surface area contributed by atoms with Crippen molar-refractivity contribution in [3.05, 3.63) is 48.1 Å². The van der Waals surface area contributed by atoms with Gasteiger partial charge in [0.25, 0.3) is 0 Å². The largest absolute Gasteiger partial charge is 0.316 e. The molecule has 2 aromatic rings. The smallest absolute Gasteiger partial charge is 0.182 e. The van der Waals surface area contributed by atoms with Crippen LogP contribution in [0.15, 0.2) is 30.7 Å². The van der Waals surface area contributed by atoms with E-state index in [2.05, 4.69) is 10.3 Å². The molecule has 1 fully saturated rings. The molecule has 1 saturated heterocycles. The third-order valence-electron chi connectivity index (χ3n) is 3.34. The SMILES string of the molecule is Fc1cccc(-n2cncc2C2CCNC2)c1F. The summed E-state index contributed by atoms with van der Waals surface area (Å²) in [5.74, 6) is -1.37. The van der Waals surface area contributed by atoms with E-state index in [-0.39, 0.29) is 5.69 Å². The molecule has 18 heavy (non-hydrogen) atoms. The second-order valence-electron chi connectivity index (χ2n) is 4.45. The molecule has 1 atom stereocenters. The fraction of sp³-hybridized carbons (Fsp3) is 0.308. The summed E-state index contributed by atoms with van der Waals surface area (Å²) >= 11 is 0. The Balaban J connectivity index is 2.06. The van der Waals surface area contributed by atoms with E-state index < -0.39 is 11.6 Å². The molecule has 0 bridgehead atoms. The lowest BCUT2D eigenvalue weighted by atomic mass is 10.1. The van der Waals surface area contributed by atoms with Crippen molar-refractivity contribution in [3.63, 3.8) is 0 Å². The molecule has 0 radical (unpaired) electrons. The molecule has 3 rings (SSSR count). The monoisotopic (exact) mass is 249 g/mol. The summed E-state index contributed by atoms with van der Waals surface area (Å²) in [4.78, 5) is 4.06. The number of aromatic nitrogens is 2. The van der Waals surface area contributed by atoms with Crippen molar-refractivity contribution in [1.82, 2.24) is 14.9 Å². The lowest BCUT2D eigenvalue weighted by molar-refractivity contribution is 0.502. The first-order valence-corrected chi connectivity index (χ1v) is 5.94. The van der Waals surface area contributed by atoms with Gasteiger partial charge in [0.05, 0.1) is 12.0 Å². The topological polar surface area (TPSA) is 29.9 Å². The summed E-state index contributed by atoms with van der Waals surface area (Å²) in [5, 5.41) is 3.26. The van der Waals surface area contributed by atoms with Crippen LogP contribution in [0.1, 0.15) is 18.0 Å². The molecule has 1 aliphatic heterocycles. The Hall–Kier alpha value is -1.75. The molecule has 5 heteroatoms. The zero-order valence-corrected chi connectivity index (χ0v) is 9.74. The molecule has 0 spiro atoms. The van der Waals surface area contributed by atoms with Gasteiger partial charge in [0, 0.05) is 24.4 Å². The predicted molar refractivity (Wildman–Crippen MR) is 63.7 cm³/mol. The molecular formula is C13H13F2N3. The summed E-state index contributed by atoms with van der Waals surface area (Å²) in [6.45, 7) is 1.80. The Morgan fingerprint density at radius 3 is 3.00 bits per heavy atom. The summed E-state index contributed by atoms with van der Waals surface area (Å²) in [7, 11) is 0. The highest BCUT2D eigenvalue weighted by molar-refractivity contribution is 5.37. The zero-order chi connectivity index (χ0) is 12.5. The zero-order valence-electron chi connectivity index (χ0n) is 9.74. The van der Waals surface area contributed by atoms with Gasteiger partial charge < -0.3 is 5.32 Å². The fourth-order valence-electron chi connectivity index (χ4n) is 2.39. The van der Waals surface area contributed by atoms with Gasteiger partial charge in [-0.2, -0.15) is 0 Å². The van der Waals surface area contributed by atoms with E-state index in [0.29, 0.717) is 5.92 Å². The summed E-state index contributed by atoms with van der Waals surface area (Å²) in [5.41, 5.74) is 1.14. The minimum atomic E-state index is -0.836. The third kappa shape index (κ3) is 1.80. The Kier molecular flexibility index (Phi) is 2.83. The lowest BCUT2D eigenvalue weighted by Gasteiger charge is -2.13. The number of halogens is 2. The highest BCUT2D eigenvalue weighted by Gasteiger charge is 2.22. The molecule has 1 N–H and O–H groups in total. The standard InChI is InChI=1S/C13H13F2N3/c14-10-2-1-3-11(13(10)15)18-8-17-7-12(18)9-4-5-16-6-9/h1-3,7-9,16H,4-6H2. The molecule has 2 heterocycles. The third-order valence-corrected chi connectivity index (χ3v) is 3.34. The average molecular weight is 249 g/mol. The van der Waals surface area contributed by atoms with Gasteiger partial charge in [-0.05, 0) is 25.1 Å². The highest BCUT2D eigenvalue weighted by Crippen LogP contribution is 2.26. The van der Waals surface area contributed by atoms with Crippen molar-refractivity contribution in [1.29, 1.82) is 0 Å². The predicted octanol–water partition coefficient (Wildman–Crippen LogP) is 2.23. The van der Waals surface area contributed by atoms with Gasteiger partial charge in [-0.3, -0.25) is 4.57 Å². The number of nitrogens with zero attached hydrogens (tertiary/aromatic N) is 2. The van der Waals surface area contributed by atoms with Crippen LogP contribution in [0, 0.1) is 11.6 Å². The van der Waals surface area contributed by atoms with E-state index in [0.717, 1.165) is 31.3 Å². The number of imidazole rings is 1. The Morgan fingerprint density at radius 2 is 2.22 bits per heavy atom. The van der Waals surface area contributed by atoms with Crippen molar-refractivity contribution >= 4 is 0 Å². The van der Waals surface area contributed by atoms with Crippen LogP contribution in [0.25, 0.3) is 5.69 Å². The Bertz CT molecular complexity index is 559. The molecule has 1 unspecified atom stereocenters. The summed E-state index contributed by atoms with van der Waals surface area (Å²) in [6.07, 6.45) is 4.25. The van der Waals surface area contributed by atoms with Crippen molar-refractivity contribution in [3.8, 4) is 5.69 Å². The van der Waals surface area contributed by atoms with Gasteiger partial charge in [-0.1, -0.05) is 6.07 Å². The number of hydrogen-bond acceptors (Lipinski definition) is 2. The number of rotatable bonds is 2. The van der Waals surface area contributed by atoms with Crippen molar-refractivity contribution in [2.24, 2.45) is 0 Å². The van der Waals surface area contributed by atoms with Gasteiger partial charge in [0.2, 0.25) is 0 Å². The Morgan fingerprint density at radius 1 is 1.33 bits per heavy atom. The first-order valence-electron chi connectivity index (χ1n) is 5.94. The van der Waals surface area contributed by atoms with Crippen LogP contribution in [0.3, 0.4) is 0 Å². The summed E-state index contributed by atoms with van der Waals surface area (Å²) in [6, 6.07) is 4.18. The molecule has 1 aromatic carbocycles. The molecule has 1 aliphatic rings. The fourth-order valence-corrected chi connectivity index (χ4v) is 2.39. The van der Waals surface area contributed by atoms with E-state index in [1.165, 1.54) is 12.4 Å². The molecule has 0 amide bonds. The van der Waals surface area contributed by atoms with Gasteiger partial charge in [-0.15, -0.1) is 0 Å². The van der Waals surface area contributed by atoms with Crippen LogP contribution in [0.4, 0.5) is 8.78 Å². The van der Waals surface area contributed by atoms with Crippen LogP contribution in [0.2, 0.25) is 0 Å². The van der Waals surface area contributed by atoms with Crippen molar-refractivity contribution in [2.45, 2.75) is 12.3 Å². The quantitative estimate of drug-likeness (QED) is 0.884. The van der Waals surface area contributed by atoms with Crippen molar-refractivity contribution in [2.75, 3.05) is 13.1 Å². The van der Waals surface area contributed by atoms with E-state index >= 15 is 0 Å². The van der Waals surface area contributed by atoms with E-state index in [4.69, 9.17) is 0 Å². The molecule has 1 aromatic heterocycles. The van der Waals surface area contributed by atoms with Crippen LogP contribution >= 0.6 is 0 Å². The molecule has 0 aliphatic carbocycles. The minimum Gasteiger partial charge on any atom is -0.316 e. The number of benzene rings is 1. The summed E-state index contributed by atoms with van der Waals surface area (Å²) < 4.78 is 28.7. The molecule has 94 valence electrons. The Labute approximate surface area is 103 Å². The highest BCUT2D eigenvalue weighted by atomic mass is 19.2. The average Bonchev–Trinajstić information content (AvgIpc) is 3.01. The van der Waals surface area contributed by atoms with Gasteiger partial charge in [0.1, 0.15) is 0 Å². The van der Waals surface area contributed by atoms with Crippen molar-refractivity contribution < 1.29 is 8.78 Å². The van der Waals surface area contributed by atoms with Crippen LogP contribution < -0.4 is 5.32 Å². The molecular weight excluding hydrogens is 236 g/mol. The lowest BCUT2D eigenvalue weighted by Crippen LogP contribution is -2.11. The second kappa shape index (κ2) is 4.49. The van der Waals surface area contributed by atoms with Crippen LogP contribution in [0.5, 0.6) is 0 Å². The molecule has 0 saturated carbocycles. The first kappa shape index (κ1) is 11.3.